The Morgan fingerprint density at radius 3 is 2.00 bits per heavy atom. The molecule has 0 amide bonds. The number of fused-ring (bicyclic) bond motifs is 2. The van der Waals surface area contributed by atoms with Gasteiger partial charge in [-0.1, -0.05) is 18.2 Å². The van der Waals surface area contributed by atoms with E-state index in [1.165, 1.54) is 22.3 Å². The van der Waals surface area contributed by atoms with Crippen molar-refractivity contribution in [3.63, 3.8) is 0 Å². The molecule has 4 aromatic carbocycles. The first-order chi connectivity index (χ1) is 23.3. The molecule has 4 aromatic rings. The van der Waals surface area contributed by atoms with Crippen molar-refractivity contribution in [1.82, 2.24) is 9.80 Å². The number of ether oxygens (including phenoxy) is 6. The molecular formula is C40H46N2O6. The smallest absolute Gasteiger partial charge is 0.204 e. The van der Waals surface area contributed by atoms with Crippen molar-refractivity contribution < 1.29 is 28.4 Å². The lowest BCUT2D eigenvalue weighted by atomic mass is 9.87. The van der Waals surface area contributed by atoms with E-state index < -0.39 is 0 Å². The zero-order valence-corrected chi connectivity index (χ0v) is 29.1. The Morgan fingerprint density at radius 2 is 1.29 bits per heavy atom. The van der Waals surface area contributed by atoms with Gasteiger partial charge in [0.15, 0.2) is 34.5 Å². The van der Waals surface area contributed by atoms with Crippen LogP contribution >= 0.6 is 0 Å². The summed E-state index contributed by atoms with van der Waals surface area (Å²) in [6, 6.07) is 21.3. The highest BCUT2D eigenvalue weighted by Gasteiger charge is 2.35. The van der Waals surface area contributed by atoms with Crippen LogP contribution in [0.3, 0.4) is 0 Å². The Kier molecular flexibility index (Phi) is 8.88. The van der Waals surface area contributed by atoms with Gasteiger partial charge in [0.1, 0.15) is 5.75 Å². The van der Waals surface area contributed by atoms with E-state index in [1.54, 1.807) is 21.3 Å². The first-order valence-corrected chi connectivity index (χ1v) is 16.9. The van der Waals surface area contributed by atoms with Crippen LogP contribution in [0.25, 0.3) is 0 Å². The summed E-state index contributed by atoms with van der Waals surface area (Å²) < 4.78 is 37.9. The van der Waals surface area contributed by atoms with Gasteiger partial charge in [-0.05, 0) is 124 Å². The molecule has 48 heavy (non-hydrogen) atoms. The van der Waals surface area contributed by atoms with E-state index in [4.69, 9.17) is 28.4 Å². The summed E-state index contributed by atoms with van der Waals surface area (Å²) >= 11 is 0. The van der Waals surface area contributed by atoms with Gasteiger partial charge in [-0.2, -0.15) is 0 Å². The van der Waals surface area contributed by atoms with Gasteiger partial charge in [0.2, 0.25) is 5.75 Å². The second-order valence-corrected chi connectivity index (χ2v) is 13.4. The maximum absolute atomic E-state index is 7.14. The Balaban J connectivity index is 1.48. The van der Waals surface area contributed by atoms with Crippen molar-refractivity contribution in [2.75, 3.05) is 48.5 Å². The van der Waals surface area contributed by atoms with Crippen LogP contribution in [0.15, 0.2) is 60.7 Å². The molecule has 0 spiro atoms. The molecule has 6 bridgehead atoms. The molecule has 0 saturated heterocycles. The van der Waals surface area contributed by atoms with E-state index in [0.29, 0.717) is 40.2 Å². The molecule has 8 nitrogen and oxygen atoms in total. The van der Waals surface area contributed by atoms with Gasteiger partial charge in [-0.15, -0.1) is 0 Å². The fraction of sp³-hybridized carbons (Fsp3) is 0.400. The summed E-state index contributed by atoms with van der Waals surface area (Å²) in [6.45, 7) is 5.91. The van der Waals surface area contributed by atoms with Crippen LogP contribution in [0.4, 0.5) is 0 Å². The SMILES string of the molecule is COc1ccc2cc1Oc1ccc(cc1)C[C@H]1c3cc(c(OC)cc3CCN1C)Oc1c(OC(C)C)c(OC)cc3c1[C@@H](C2)N(C)CC3. The molecule has 0 saturated carbocycles. The van der Waals surface area contributed by atoms with Crippen molar-refractivity contribution >= 4 is 0 Å². The first kappa shape index (κ1) is 32.2. The number of methoxy groups -OCH3 is 3. The molecule has 0 radical (unpaired) electrons. The lowest BCUT2D eigenvalue weighted by Crippen LogP contribution is -2.34. The predicted molar refractivity (Wildman–Crippen MR) is 187 cm³/mol. The Morgan fingerprint density at radius 1 is 0.667 bits per heavy atom. The van der Waals surface area contributed by atoms with E-state index in [0.717, 1.165) is 55.6 Å². The Bertz CT molecular complexity index is 1800. The number of nitrogens with zero attached hydrogens (tertiary/aromatic N) is 2. The number of benzene rings is 4. The lowest BCUT2D eigenvalue weighted by molar-refractivity contribution is 0.204. The normalized spacial score (nSPS) is 19.0. The summed E-state index contributed by atoms with van der Waals surface area (Å²) in [7, 11) is 9.47. The molecule has 4 heterocycles. The maximum atomic E-state index is 7.14. The molecule has 4 aliphatic heterocycles. The summed E-state index contributed by atoms with van der Waals surface area (Å²) in [4.78, 5) is 4.83. The largest absolute Gasteiger partial charge is 0.493 e. The number of hydrogen-bond donors (Lipinski definition) is 0. The fourth-order valence-electron chi connectivity index (χ4n) is 7.43. The van der Waals surface area contributed by atoms with Crippen LogP contribution in [0.2, 0.25) is 0 Å². The second kappa shape index (κ2) is 13.2. The second-order valence-electron chi connectivity index (χ2n) is 13.4. The molecule has 252 valence electrons. The monoisotopic (exact) mass is 650 g/mol. The number of likely N-dealkylation sites (N-methyl/N-ethyl adjacent to an activating group) is 2. The zero-order chi connectivity index (χ0) is 33.5. The molecular weight excluding hydrogens is 604 g/mol. The van der Waals surface area contributed by atoms with E-state index in [9.17, 15) is 0 Å². The maximum Gasteiger partial charge on any atom is 0.204 e. The summed E-state index contributed by atoms with van der Waals surface area (Å²) in [5.41, 5.74) is 7.17. The molecule has 8 rings (SSSR count). The first-order valence-electron chi connectivity index (χ1n) is 16.9. The zero-order valence-electron chi connectivity index (χ0n) is 29.1. The number of hydrogen-bond acceptors (Lipinski definition) is 8. The van der Waals surface area contributed by atoms with E-state index in [-0.39, 0.29) is 18.2 Å². The molecule has 8 heteroatoms. The molecule has 0 aromatic heterocycles. The van der Waals surface area contributed by atoms with Gasteiger partial charge in [0.25, 0.3) is 0 Å². The minimum absolute atomic E-state index is 0.00826. The quantitative estimate of drug-likeness (QED) is 0.216. The van der Waals surface area contributed by atoms with Gasteiger partial charge in [-0.25, -0.2) is 0 Å². The lowest BCUT2D eigenvalue weighted by Gasteiger charge is -2.37. The molecule has 0 N–H and O–H groups in total. The van der Waals surface area contributed by atoms with Crippen molar-refractivity contribution in [3.05, 3.63) is 94.0 Å². The van der Waals surface area contributed by atoms with Crippen molar-refractivity contribution in [1.29, 1.82) is 0 Å². The van der Waals surface area contributed by atoms with E-state index >= 15 is 0 Å². The average Bonchev–Trinajstić information content (AvgIpc) is 3.08. The van der Waals surface area contributed by atoms with Crippen molar-refractivity contribution in [2.45, 2.75) is 57.7 Å². The Labute approximate surface area is 284 Å². The summed E-state index contributed by atoms with van der Waals surface area (Å²) in [5.74, 6) is 5.48. The van der Waals surface area contributed by atoms with Crippen LogP contribution in [0.5, 0.6) is 46.0 Å². The van der Waals surface area contributed by atoms with Crippen LogP contribution in [0, 0.1) is 0 Å². The van der Waals surface area contributed by atoms with Crippen LogP contribution in [-0.2, 0) is 25.7 Å². The third-order valence-corrected chi connectivity index (χ3v) is 10.00. The van der Waals surface area contributed by atoms with Crippen LogP contribution < -0.4 is 28.4 Å². The number of rotatable bonds is 5. The standard InChI is InChI=1S/C40H46N2O6/c1-24(2)46-39-37(45-7)22-28-15-17-42(4)32-19-26-10-13-33(43-5)35(20-26)47-29-11-8-25(9-12-29)18-31-30-23-36(48-40(39)38(28)32)34(44-6)21-27(30)14-16-41(31)3/h8-13,20-24,31-32H,14-19H2,1-7H3/t31-,32+/m0/s1. The minimum Gasteiger partial charge on any atom is -0.493 e. The van der Waals surface area contributed by atoms with Crippen molar-refractivity contribution in [3.8, 4) is 46.0 Å². The summed E-state index contributed by atoms with van der Waals surface area (Å²) in [6.07, 6.45) is 3.27. The molecule has 4 aliphatic rings. The summed E-state index contributed by atoms with van der Waals surface area (Å²) in [5, 5.41) is 0. The highest BCUT2D eigenvalue weighted by Crippen LogP contribution is 2.52. The molecule has 0 aliphatic carbocycles. The average molecular weight is 651 g/mol. The van der Waals surface area contributed by atoms with Gasteiger partial charge in [-0.3, -0.25) is 9.80 Å². The third-order valence-electron chi connectivity index (χ3n) is 10.00. The van der Waals surface area contributed by atoms with Gasteiger partial charge in [0.05, 0.1) is 27.4 Å². The van der Waals surface area contributed by atoms with Gasteiger partial charge in [0, 0.05) is 30.7 Å². The topological polar surface area (TPSA) is 61.9 Å². The van der Waals surface area contributed by atoms with E-state index in [2.05, 4.69) is 78.5 Å². The minimum atomic E-state index is -0.0968. The molecule has 0 unspecified atom stereocenters. The van der Waals surface area contributed by atoms with Crippen LogP contribution in [0.1, 0.15) is 59.3 Å². The third kappa shape index (κ3) is 6.03. The molecule has 0 fully saturated rings. The predicted octanol–water partition coefficient (Wildman–Crippen LogP) is 7.94. The molecule has 2 atom stereocenters. The highest BCUT2D eigenvalue weighted by molar-refractivity contribution is 5.64. The fourth-order valence-corrected chi connectivity index (χ4v) is 7.43. The van der Waals surface area contributed by atoms with E-state index in [1.807, 2.05) is 19.9 Å². The van der Waals surface area contributed by atoms with Crippen molar-refractivity contribution in [2.24, 2.45) is 0 Å². The van der Waals surface area contributed by atoms with Crippen LogP contribution in [-0.4, -0.2) is 64.4 Å². The Hall–Kier alpha value is -4.40. The van der Waals surface area contributed by atoms with Gasteiger partial charge >= 0.3 is 0 Å². The highest BCUT2D eigenvalue weighted by atomic mass is 16.6. The van der Waals surface area contributed by atoms with Gasteiger partial charge < -0.3 is 28.4 Å².